The molecule has 5 aliphatic carbocycles. The summed E-state index contributed by atoms with van der Waals surface area (Å²) in [5.74, 6) is 3.02. The highest BCUT2D eigenvalue weighted by atomic mass is 16.6. The first-order valence-electron chi connectivity index (χ1n) is 14.2. The zero-order valence-corrected chi connectivity index (χ0v) is 22.3. The number of hydrogen-bond acceptors (Lipinski definition) is 3. The van der Waals surface area contributed by atoms with Crippen LogP contribution in [-0.4, -0.2) is 22.8 Å². The molecule has 186 valence electrons. The first kappa shape index (κ1) is 22.9. The second-order valence-electron chi connectivity index (χ2n) is 15.1. The number of aliphatic hydroxyl groups excluding tert-OH is 1. The van der Waals surface area contributed by atoms with Crippen molar-refractivity contribution in [1.82, 2.24) is 0 Å². The predicted molar refractivity (Wildman–Crippen MR) is 130 cm³/mol. The van der Waals surface area contributed by atoms with Gasteiger partial charge in [-0.05, 0) is 104 Å². The molecule has 1 aliphatic heterocycles. The van der Waals surface area contributed by atoms with Crippen LogP contribution in [-0.2, 0) is 9.53 Å². The van der Waals surface area contributed by atoms with Crippen molar-refractivity contribution in [3.63, 3.8) is 0 Å². The van der Waals surface area contributed by atoms with Gasteiger partial charge in [0.2, 0.25) is 0 Å². The second kappa shape index (κ2) is 6.40. The first-order chi connectivity index (χ1) is 15.3. The number of ether oxygens (including phenoxy) is 1. The Morgan fingerprint density at radius 1 is 0.818 bits per heavy atom. The van der Waals surface area contributed by atoms with Crippen LogP contribution in [0.2, 0.25) is 0 Å². The third kappa shape index (κ3) is 2.27. The van der Waals surface area contributed by atoms with E-state index in [1.807, 2.05) is 0 Å². The predicted octanol–water partition coefficient (Wildman–Crippen LogP) is 6.76. The fourth-order valence-electron chi connectivity index (χ4n) is 12.1. The molecule has 6 fully saturated rings. The summed E-state index contributed by atoms with van der Waals surface area (Å²) < 4.78 is 6.80. The van der Waals surface area contributed by atoms with E-state index in [1.54, 1.807) is 0 Å². The molecule has 6 aliphatic rings. The van der Waals surface area contributed by atoms with Gasteiger partial charge in [0, 0.05) is 11.3 Å². The van der Waals surface area contributed by atoms with Crippen LogP contribution in [0.15, 0.2) is 0 Å². The molecule has 6 rings (SSSR count). The number of hydrogen-bond donors (Lipinski definition) is 1. The summed E-state index contributed by atoms with van der Waals surface area (Å²) in [4.78, 5) is 13.7. The highest BCUT2D eigenvalue weighted by molar-refractivity contribution is 5.82. The Morgan fingerprint density at radius 3 is 2.24 bits per heavy atom. The van der Waals surface area contributed by atoms with E-state index in [9.17, 15) is 9.90 Å². The molecule has 33 heavy (non-hydrogen) atoms. The quantitative estimate of drug-likeness (QED) is 0.409. The molecule has 0 radical (unpaired) electrons. The summed E-state index contributed by atoms with van der Waals surface area (Å²) in [6, 6.07) is 0. The Kier molecular flexibility index (Phi) is 4.44. The Labute approximate surface area is 201 Å². The average Bonchev–Trinajstić information content (AvgIpc) is 2.95. The summed E-state index contributed by atoms with van der Waals surface area (Å²) in [7, 11) is 0. The standard InChI is InChI=1S/C30H48O3/c1-18-8-14-29-17-16-28(7)27(6)13-9-20-25(3,4)22(31)11-12-26(20,5)21(27)10-15-30(28,33-24(29)32)23(29)19(18)2/h18-23,31H,8-17H2,1-7H3/t18-,19+,20-,21+,22-,23-,26-,27+,28-,29-,30-/m0/s1. The maximum absolute atomic E-state index is 13.7. The van der Waals surface area contributed by atoms with Gasteiger partial charge < -0.3 is 9.84 Å². The topological polar surface area (TPSA) is 46.5 Å². The number of rotatable bonds is 0. The fraction of sp³-hybridized carbons (Fsp3) is 0.967. The molecule has 0 aromatic heterocycles. The van der Waals surface area contributed by atoms with E-state index in [0.29, 0.717) is 29.6 Å². The molecule has 0 amide bonds. The number of aliphatic hydroxyl groups is 1. The molecule has 5 saturated carbocycles. The van der Waals surface area contributed by atoms with E-state index >= 15 is 0 Å². The molecule has 0 aromatic carbocycles. The van der Waals surface area contributed by atoms with Gasteiger partial charge in [0.1, 0.15) is 5.60 Å². The SMILES string of the molecule is C[C@@H]1[C@@H](C)CC[C@@]23CC[C@]4(C)[C@@](CC[C@@H]5[C@@]6(C)CC[C@H](O)C(C)(C)[C@@H]6CC[C@]54C)(OC2=O)[C@@H]13. The van der Waals surface area contributed by atoms with E-state index in [2.05, 4.69) is 48.5 Å². The average molecular weight is 457 g/mol. The lowest BCUT2D eigenvalue weighted by molar-refractivity contribution is -0.289. The van der Waals surface area contributed by atoms with Crippen molar-refractivity contribution in [1.29, 1.82) is 0 Å². The molecule has 1 heterocycles. The van der Waals surface area contributed by atoms with Crippen LogP contribution in [0.5, 0.6) is 0 Å². The lowest BCUT2D eigenvalue weighted by Gasteiger charge is -2.74. The summed E-state index contributed by atoms with van der Waals surface area (Å²) in [5.41, 5.74) is 0.0122. The first-order valence-corrected chi connectivity index (χ1v) is 14.2. The number of esters is 1. The van der Waals surface area contributed by atoms with E-state index < -0.39 is 0 Å². The molecular formula is C30H48O3. The molecule has 0 unspecified atom stereocenters. The van der Waals surface area contributed by atoms with Crippen molar-refractivity contribution in [2.45, 2.75) is 124 Å². The summed E-state index contributed by atoms with van der Waals surface area (Å²) in [6.45, 7) is 17.2. The minimum absolute atomic E-state index is 0.0147. The zero-order valence-electron chi connectivity index (χ0n) is 22.3. The summed E-state index contributed by atoms with van der Waals surface area (Å²) in [6.07, 6.45) is 11.0. The van der Waals surface area contributed by atoms with Crippen molar-refractivity contribution in [3.8, 4) is 0 Å². The largest absolute Gasteiger partial charge is 0.458 e. The van der Waals surface area contributed by atoms with E-state index in [0.717, 1.165) is 38.5 Å². The molecule has 11 atom stereocenters. The van der Waals surface area contributed by atoms with Gasteiger partial charge in [-0.15, -0.1) is 0 Å². The van der Waals surface area contributed by atoms with Gasteiger partial charge >= 0.3 is 5.97 Å². The lowest BCUT2D eigenvalue weighted by atomic mass is 9.30. The van der Waals surface area contributed by atoms with Crippen LogP contribution < -0.4 is 0 Å². The minimum atomic E-state index is -0.269. The van der Waals surface area contributed by atoms with E-state index in [4.69, 9.17) is 4.74 Å². The number of fused-ring (bicyclic) bond motifs is 4. The highest BCUT2D eigenvalue weighted by Gasteiger charge is 2.81. The zero-order chi connectivity index (χ0) is 23.8. The Balaban J connectivity index is 1.47. The maximum atomic E-state index is 13.7. The van der Waals surface area contributed by atoms with E-state index in [1.165, 1.54) is 25.7 Å². The van der Waals surface area contributed by atoms with Crippen molar-refractivity contribution in [2.24, 2.45) is 56.7 Å². The fourth-order valence-corrected chi connectivity index (χ4v) is 12.1. The molecule has 3 nitrogen and oxygen atoms in total. The van der Waals surface area contributed by atoms with Gasteiger partial charge in [-0.1, -0.05) is 48.5 Å². The molecule has 0 aromatic rings. The summed E-state index contributed by atoms with van der Waals surface area (Å²) in [5, 5.41) is 10.9. The normalized spacial score (nSPS) is 61.3. The molecule has 1 saturated heterocycles. The van der Waals surface area contributed by atoms with Gasteiger partial charge in [-0.25, -0.2) is 0 Å². The highest BCUT2D eigenvalue weighted by Crippen LogP contribution is 2.80. The minimum Gasteiger partial charge on any atom is -0.458 e. The maximum Gasteiger partial charge on any atom is 0.313 e. The van der Waals surface area contributed by atoms with Crippen LogP contribution in [0.4, 0.5) is 0 Å². The lowest BCUT2D eigenvalue weighted by Crippen LogP contribution is -2.72. The molecule has 1 N–H and O–H groups in total. The summed E-state index contributed by atoms with van der Waals surface area (Å²) >= 11 is 0. The molecule has 3 heteroatoms. The van der Waals surface area contributed by atoms with Crippen LogP contribution in [0.1, 0.15) is 113 Å². The van der Waals surface area contributed by atoms with Crippen molar-refractivity contribution >= 4 is 5.97 Å². The van der Waals surface area contributed by atoms with E-state index in [-0.39, 0.29) is 44.7 Å². The Morgan fingerprint density at radius 2 is 1.52 bits per heavy atom. The second-order valence-corrected chi connectivity index (χ2v) is 15.1. The van der Waals surface area contributed by atoms with Crippen molar-refractivity contribution in [3.05, 3.63) is 0 Å². The van der Waals surface area contributed by atoms with Crippen molar-refractivity contribution < 1.29 is 14.6 Å². The van der Waals surface area contributed by atoms with Crippen LogP contribution in [0, 0.1) is 56.7 Å². The molecule has 2 bridgehead atoms. The third-order valence-electron chi connectivity index (χ3n) is 14.3. The van der Waals surface area contributed by atoms with Gasteiger partial charge in [0.25, 0.3) is 0 Å². The monoisotopic (exact) mass is 456 g/mol. The van der Waals surface area contributed by atoms with Crippen LogP contribution in [0.3, 0.4) is 0 Å². The Bertz CT molecular complexity index is 880. The van der Waals surface area contributed by atoms with Crippen molar-refractivity contribution in [2.75, 3.05) is 0 Å². The van der Waals surface area contributed by atoms with Gasteiger partial charge in [-0.2, -0.15) is 0 Å². The van der Waals surface area contributed by atoms with Crippen LogP contribution >= 0.6 is 0 Å². The van der Waals surface area contributed by atoms with Gasteiger partial charge in [0.15, 0.2) is 0 Å². The number of carbonyl (C=O) groups excluding carboxylic acids is 1. The smallest absolute Gasteiger partial charge is 0.313 e. The molecule has 1 spiro atoms. The number of carbonyl (C=O) groups is 1. The third-order valence-corrected chi connectivity index (χ3v) is 14.3. The van der Waals surface area contributed by atoms with Gasteiger partial charge in [0.05, 0.1) is 11.5 Å². The molecular weight excluding hydrogens is 408 g/mol. The Hall–Kier alpha value is -0.570. The van der Waals surface area contributed by atoms with Gasteiger partial charge in [-0.3, -0.25) is 4.79 Å². The van der Waals surface area contributed by atoms with Crippen LogP contribution in [0.25, 0.3) is 0 Å².